The molecule has 1 atom stereocenters. The minimum absolute atomic E-state index is 0.0309. The van der Waals surface area contributed by atoms with Gasteiger partial charge in [0.25, 0.3) is 0 Å². The second-order valence-electron chi connectivity index (χ2n) is 4.31. The number of carboxylic acid groups (broad SMARTS) is 2. The SMILES string of the molecule is CC(CN(C)C(=O)C1(C(=O)O)CC1)C(=O)O. The molecule has 0 heterocycles. The molecule has 0 aromatic rings. The molecule has 1 rings (SSSR count). The smallest absolute Gasteiger partial charge is 0.319 e. The van der Waals surface area contributed by atoms with Crippen molar-refractivity contribution in [1.82, 2.24) is 4.90 Å². The average Bonchev–Trinajstić information content (AvgIpc) is 2.96. The van der Waals surface area contributed by atoms with Crippen molar-refractivity contribution in [3.8, 4) is 0 Å². The molecule has 0 saturated heterocycles. The predicted octanol–water partition coefficient (Wildman–Crippen LogP) is 0.0303. The first-order chi connectivity index (χ1) is 7.31. The highest BCUT2D eigenvalue weighted by atomic mass is 16.4. The lowest BCUT2D eigenvalue weighted by molar-refractivity contribution is -0.153. The second-order valence-corrected chi connectivity index (χ2v) is 4.31. The van der Waals surface area contributed by atoms with Crippen LogP contribution in [0.15, 0.2) is 0 Å². The van der Waals surface area contributed by atoms with Gasteiger partial charge in [0.15, 0.2) is 0 Å². The van der Waals surface area contributed by atoms with Crippen molar-refractivity contribution >= 4 is 17.8 Å². The molecule has 1 fully saturated rings. The minimum Gasteiger partial charge on any atom is -0.481 e. The van der Waals surface area contributed by atoms with Gasteiger partial charge in [-0.25, -0.2) is 0 Å². The van der Waals surface area contributed by atoms with Crippen LogP contribution in [0.3, 0.4) is 0 Å². The zero-order valence-corrected chi connectivity index (χ0v) is 9.27. The summed E-state index contributed by atoms with van der Waals surface area (Å²) in [5, 5.41) is 17.6. The monoisotopic (exact) mass is 229 g/mol. The van der Waals surface area contributed by atoms with Crippen LogP contribution < -0.4 is 0 Å². The van der Waals surface area contributed by atoms with Crippen LogP contribution in [-0.2, 0) is 14.4 Å². The molecule has 1 amide bonds. The zero-order valence-electron chi connectivity index (χ0n) is 9.27. The van der Waals surface area contributed by atoms with E-state index in [0.29, 0.717) is 12.8 Å². The van der Waals surface area contributed by atoms with Crippen molar-refractivity contribution in [3.63, 3.8) is 0 Å². The molecule has 0 aromatic heterocycles. The summed E-state index contributed by atoms with van der Waals surface area (Å²) in [7, 11) is 1.44. The first kappa shape index (κ1) is 12.5. The Morgan fingerprint density at radius 3 is 2.12 bits per heavy atom. The maximum absolute atomic E-state index is 11.8. The molecule has 1 aliphatic rings. The molecule has 1 aliphatic carbocycles. The van der Waals surface area contributed by atoms with Crippen molar-refractivity contribution < 1.29 is 24.6 Å². The highest BCUT2D eigenvalue weighted by molar-refractivity contribution is 6.04. The van der Waals surface area contributed by atoms with E-state index in [1.54, 1.807) is 0 Å². The fourth-order valence-electron chi connectivity index (χ4n) is 1.58. The Morgan fingerprint density at radius 1 is 1.31 bits per heavy atom. The Balaban J connectivity index is 2.62. The summed E-state index contributed by atoms with van der Waals surface area (Å²) in [6, 6.07) is 0. The van der Waals surface area contributed by atoms with E-state index in [0.717, 1.165) is 0 Å². The van der Waals surface area contributed by atoms with Gasteiger partial charge in [0.05, 0.1) is 5.92 Å². The first-order valence-corrected chi connectivity index (χ1v) is 5.03. The Morgan fingerprint density at radius 2 is 1.81 bits per heavy atom. The van der Waals surface area contributed by atoms with Crippen LogP contribution >= 0.6 is 0 Å². The molecule has 0 spiro atoms. The first-order valence-electron chi connectivity index (χ1n) is 5.03. The highest BCUT2D eigenvalue weighted by Crippen LogP contribution is 2.47. The maximum atomic E-state index is 11.8. The molecule has 6 heteroatoms. The van der Waals surface area contributed by atoms with Crippen LogP contribution in [0.5, 0.6) is 0 Å². The van der Waals surface area contributed by atoms with Gasteiger partial charge in [-0.1, -0.05) is 6.92 Å². The molecular weight excluding hydrogens is 214 g/mol. The molecule has 6 nitrogen and oxygen atoms in total. The van der Waals surface area contributed by atoms with Crippen LogP contribution in [0.25, 0.3) is 0 Å². The van der Waals surface area contributed by atoms with Crippen LogP contribution in [0.4, 0.5) is 0 Å². The van der Waals surface area contributed by atoms with E-state index in [4.69, 9.17) is 10.2 Å². The topological polar surface area (TPSA) is 94.9 Å². The van der Waals surface area contributed by atoms with Crippen molar-refractivity contribution in [1.29, 1.82) is 0 Å². The molecule has 2 N–H and O–H groups in total. The van der Waals surface area contributed by atoms with Crippen LogP contribution in [-0.4, -0.2) is 46.6 Å². The molecule has 0 aliphatic heterocycles. The predicted molar refractivity (Wildman–Crippen MR) is 53.7 cm³/mol. The van der Waals surface area contributed by atoms with E-state index in [9.17, 15) is 14.4 Å². The zero-order chi connectivity index (χ0) is 12.5. The number of nitrogens with zero attached hydrogens (tertiary/aromatic N) is 1. The molecule has 0 radical (unpaired) electrons. The third kappa shape index (κ3) is 2.15. The Labute approximate surface area is 92.9 Å². The molecule has 90 valence electrons. The van der Waals surface area contributed by atoms with Crippen molar-refractivity contribution in [2.24, 2.45) is 11.3 Å². The summed E-state index contributed by atoms with van der Waals surface area (Å²) in [5.74, 6) is -3.31. The molecule has 16 heavy (non-hydrogen) atoms. The normalized spacial score (nSPS) is 18.6. The third-order valence-electron chi connectivity index (χ3n) is 2.88. The van der Waals surface area contributed by atoms with Crippen molar-refractivity contribution in [2.75, 3.05) is 13.6 Å². The number of rotatable bonds is 5. The Hall–Kier alpha value is -1.59. The lowest BCUT2D eigenvalue weighted by atomic mass is 10.1. The number of carbonyl (C=O) groups is 3. The van der Waals surface area contributed by atoms with Crippen LogP contribution in [0, 0.1) is 11.3 Å². The largest absolute Gasteiger partial charge is 0.481 e. The number of amides is 1. The maximum Gasteiger partial charge on any atom is 0.319 e. The van der Waals surface area contributed by atoms with E-state index in [1.807, 2.05) is 0 Å². The fourth-order valence-corrected chi connectivity index (χ4v) is 1.58. The second kappa shape index (κ2) is 4.11. The van der Waals surface area contributed by atoms with Gasteiger partial charge in [-0.2, -0.15) is 0 Å². The highest BCUT2D eigenvalue weighted by Gasteiger charge is 2.58. The van der Waals surface area contributed by atoms with Crippen molar-refractivity contribution in [2.45, 2.75) is 19.8 Å². The average molecular weight is 229 g/mol. The summed E-state index contributed by atoms with van der Waals surface area (Å²) >= 11 is 0. The van der Waals surface area contributed by atoms with Gasteiger partial charge in [-0.3, -0.25) is 14.4 Å². The lowest BCUT2D eigenvalue weighted by Crippen LogP contribution is -2.41. The number of carbonyl (C=O) groups excluding carboxylic acids is 1. The van der Waals surface area contributed by atoms with E-state index >= 15 is 0 Å². The van der Waals surface area contributed by atoms with Gasteiger partial charge in [-0.15, -0.1) is 0 Å². The lowest BCUT2D eigenvalue weighted by Gasteiger charge is -2.22. The van der Waals surface area contributed by atoms with Gasteiger partial charge in [0.2, 0.25) is 5.91 Å². The van der Waals surface area contributed by atoms with E-state index in [-0.39, 0.29) is 6.54 Å². The van der Waals surface area contributed by atoms with Gasteiger partial charge in [-0.05, 0) is 12.8 Å². The quantitative estimate of drug-likeness (QED) is 0.648. The van der Waals surface area contributed by atoms with Gasteiger partial charge in [0.1, 0.15) is 5.41 Å². The third-order valence-corrected chi connectivity index (χ3v) is 2.88. The molecule has 1 saturated carbocycles. The number of hydrogen-bond donors (Lipinski definition) is 2. The van der Waals surface area contributed by atoms with Gasteiger partial charge >= 0.3 is 11.9 Å². The molecular formula is C10H15NO5. The minimum atomic E-state index is -1.28. The number of aliphatic carboxylic acids is 2. The number of hydrogen-bond acceptors (Lipinski definition) is 3. The van der Waals surface area contributed by atoms with E-state index in [1.165, 1.54) is 18.9 Å². The van der Waals surface area contributed by atoms with Crippen molar-refractivity contribution in [3.05, 3.63) is 0 Å². The summed E-state index contributed by atoms with van der Waals surface area (Å²) < 4.78 is 0. The van der Waals surface area contributed by atoms with Gasteiger partial charge < -0.3 is 15.1 Å². The Kier molecular flexibility index (Phi) is 3.21. The number of carboxylic acids is 2. The Bertz CT molecular complexity index is 334. The van der Waals surface area contributed by atoms with Crippen LogP contribution in [0.1, 0.15) is 19.8 Å². The summed E-state index contributed by atoms with van der Waals surface area (Å²) in [4.78, 5) is 34.5. The van der Waals surface area contributed by atoms with E-state index < -0.39 is 29.2 Å². The summed E-state index contributed by atoms with van der Waals surface area (Å²) in [5.41, 5.74) is -1.28. The standard InChI is InChI=1S/C10H15NO5/c1-6(7(12)13)5-11(2)8(14)10(3-4-10)9(15)16/h6H,3-5H2,1-2H3,(H,12,13)(H,15,16). The van der Waals surface area contributed by atoms with Gasteiger partial charge in [0, 0.05) is 13.6 Å². The van der Waals surface area contributed by atoms with Crippen LogP contribution in [0.2, 0.25) is 0 Å². The molecule has 0 aromatic carbocycles. The fraction of sp³-hybridized carbons (Fsp3) is 0.700. The molecule has 1 unspecified atom stereocenters. The molecule has 0 bridgehead atoms. The summed E-state index contributed by atoms with van der Waals surface area (Å²) in [6.45, 7) is 1.51. The summed E-state index contributed by atoms with van der Waals surface area (Å²) in [6.07, 6.45) is 0.680. The van der Waals surface area contributed by atoms with E-state index in [2.05, 4.69) is 0 Å².